The van der Waals surface area contributed by atoms with Crippen LogP contribution in [0.5, 0.6) is 0 Å². The van der Waals surface area contributed by atoms with Crippen molar-refractivity contribution in [1.29, 1.82) is 0 Å². The largest absolute Gasteiger partial charge is 0.390 e. The summed E-state index contributed by atoms with van der Waals surface area (Å²) >= 11 is 0. The number of carbonyl (C=O) groups excluding carboxylic acids is 1. The zero-order chi connectivity index (χ0) is 14.4. The minimum Gasteiger partial charge on any atom is -0.390 e. The Morgan fingerprint density at radius 3 is 2.16 bits per heavy atom. The molecule has 1 saturated heterocycles. The van der Waals surface area contributed by atoms with E-state index in [1.165, 1.54) is 0 Å². The van der Waals surface area contributed by atoms with Crippen molar-refractivity contribution in [3.8, 4) is 0 Å². The lowest BCUT2D eigenvalue weighted by Crippen LogP contribution is -2.43. The van der Waals surface area contributed by atoms with E-state index in [4.69, 9.17) is 0 Å². The van der Waals surface area contributed by atoms with Crippen molar-refractivity contribution in [2.45, 2.75) is 46.6 Å². The van der Waals surface area contributed by atoms with Gasteiger partial charge in [-0.05, 0) is 18.3 Å². The van der Waals surface area contributed by atoms with Gasteiger partial charge in [0.25, 0.3) is 0 Å². The van der Waals surface area contributed by atoms with Crippen LogP contribution in [0.4, 0.5) is 0 Å². The SMILES string of the molecule is CC(C)CN(CC(C)C)CC(O)CN1CCCC1=O. The van der Waals surface area contributed by atoms with Crippen molar-refractivity contribution in [3.05, 3.63) is 0 Å². The third-order valence-corrected chi connectivity index (χ3v) is 3.32. The Labute approximate surface area is 117 Å². The first-order valence-corrected chi connectivity index (χ1v) is 7.56. The van der Waals surface area contributed by atoms with Crippen LogP contribution in [0.2, 0.25) is 0 Å². The summed E-state index contributed by atoms with van der Waals surface area (Å²) in [5, 5.41) is 10.2. The molecule has 1 unspecified atom stereocenters. The summed E-state index contributed by atoms with van der Waals surface area (Å²) in [5.41, 5.74) is 0. The lowest BCUT2D eigenvalue weighted by Gasteiger charge is -2.29. The Morgan fingerprint density at radius 2 is 1.74 bits per heavy atom. The van der Waals surface area contributed by atoms with Gasteiger partial charge in [0.05, 0.1) is 6.10 Å². The molecule has 0 radical (unpaired) electrons. The fourth-order valence-corrected chi connectivity index (χ4v) is 2.76. The Hall–Kier alpha value is -0.610. The van der Waals surface area contributed by atoms with Crippen LogP contribution >= 0.6 is 0 Å². The number of hydrogen-bond acceptors (Lipinski definition) is 3. The minimum atomic E-state index is -0.431. The van der Waals surface area contributed by atoms with Gasteiger partial charge >= 0.3 is 0 Å². The van der Waals surface area contributed by atoms with Crippen molar-refractivity contribution < 1.29 is 9.90 Å². The topological polar surface area (TPSA) is 43.8 Å². The first kappa shape index (κ1) is 16.4. The number of amides is 1. The van der Waals surface area contributed by atoms with Crippen molar-refractivity contribution in [2.75, 3.05) is 32.7 Å². The zero-order valence-electron chi connectivity index (χ0n) is 12.9. The number of likely N-dealkylation sites (tertiary alicyclic amines) is 1. The summed E-state index contributed by atoms with van der Waals surface area (Å²) in [6.45, 7) is 12.8. The average Bonchev–Trinajstić information content (AvgIpc) is 2.61. The van der Waals surface area contributed by atoms with Crippen molar-refractivity contribution in [1.82, 2.24) is 9.80 Å². The molecule has 1 rings (SSSR count). The van der Waals surface area contributed by atoms with Gasteiger partial charge in [0.2, 0.25) is 5.91 Å². The number of β-amino-alcohol motifs (C(OH)–C–C–N with tert-alkyl or cyclic N) is 1. The van der Waals surface area contributed by atoms with Gasteiger partial charge in [0.1, 0.15) is 0 Å². The summed E-state index contributed by atoms with van der Waals surface area (Å²) < 4.78 is 0. The lowest BCUT2D eigenvalue weighted by atomic mass is 10.1. The molecule has 1 N–H and O–H groups in total. The third kappa shape index (κ3) is 6.39. The maximum atomic E-state index is 11.6. The summed E-state index contributed by atoms with van der Waals surface area (Å²) in [5.74, 6) is 1.39. The quantitative estimate of drug-likeness (QED) is 0.728. The van der Waals surface area contributed by atoms with E-state index < -0.39 is 6.10 Å². The molecule has 0 bridgehead atoms. The highest BCUT2D eigenvalue weighted by Crippen LogP contribution is 2.11. The number of aliphatic hydroxyl groups is 1. The Morgan fingerprint density at radius 1 is 1.16 bits per heavy atom. The normalized spacial score (nSPS) is 18.1. The van der Waals surface area contributed by atoms with E-state index in [0.29, 0.717) is 31.3 Å². The van der Waals surface area contributed by atoms with Crippen LogP contribution in [0.25, 0.3) is 0 Å². The summed E-state index contributed by atoms with van der Waals surface area (Å²) in [6, 6.07) is 0. The third-order valence-electron chi connectivity index (χ3n) is 3.32. The summed E-state index contributed by atoms with van der Waals surface area (Å²) in [7, 11) is 0. The van der Waals surface area contributed by atoms with Gasteiger partial charge < -0.3 is 14.9 Å². The second-order valence-electron chi connectivity index (χ2n) is 6.60. The monoisotopic (exact) mass is 270 g/mol. The van der Waals surface area contributed by atoms with Gasteiger partial charge in [-0.25, -0.2) is 0 Å². The van der Waals surface area contributed by atoms with Gasteiger partial charge in [0, 0.05) is 39.1 Å². The van der Waals surface area contributed by atoms with Crippen LogP contribution in [0.15, 0.2) is 0 Å². The number of rotatable bonds is 8. The molecule has 1 heterocycles. The Balaban J connectivity index is 2.40. The van der Waals surface area contributed by atoms with E-state index >= 15 is 0 Å². The van der Waals surface area contributed by atoms with Crippen molar-refractivity contribution in [3.63, 3.8) is 0 Å². The van der Waals surface area contributed by atoms with E-state index in [1.54, 1.807) is 4.90 Å². The second kappa shape index (κ2) is 7.85. The van der Waals surface area contributed by atoms with Gasteiger partial charge in [-0.1, -0.05) is 27.7 Å². The van der Waals surface area contributed by atoms with E-state index in [1.807, 2.05) is 0 Å². The van der Waals surface area contributed by atoms with E-state index in [9.17, 15) is 9.90 Å². The maximum absolute atomic E-state index is 11.6. The van der Waals surface area contributed by atoms with E-state index in [2.05, 4.69) is 32.6 Å². The molecule has 0 aromatic carbocycles. The smallest absolute Gasteiger partial charge is 0.222 e. The first-order chi connectivity index (χ1) is 8.88. The first-order valence-electron chi connectivity index (χ1n) is 7.56. The van der Waals surface area contributed by atoms with Crippen LogP contribution in [0.3, 0.4) is 0 Å². The molecule has 112 valence electrons. The fourth-order valence-electron chi connectivity index (χ4n) is 2.76. The molecule has 0 saturated carbocycles. The predicted molar refractivity (Wildman–Crippen MR) is 77.9 cm³/mol. The molecule has 0 spiro atoms. The molecule has 1 fully saturated rings. The molecular formula is C15H30N2O2. The fraction of sp³-hybridized carbons (Fsp3) is 0.933. The van der Waals surface area contributed by atoms with Crippen LogP contribution in [-0.2, 0) is 4.79 Å². The number of hydrogen-bond donors (Lipinski definition) is 1. The highest BCUT2D eigenvalue weighted by atomic mass is 16.3. The van der Waals surface area contributed by atoms with Crippen LogP contribution < -0.4 is 0 Å². The molecule has 0 aromatic heterocycles. The van der Waals surface area contributed by atoms with Crippen LogP contribution in [-0.4, -0.2) is 59.6 Å². The van der Waals surface area contributed by atoms with Crippen molar-refractivity contribution >= 4 is 5.91 Å². The molecule has 4 heteroatoms. The molecule has 19 heavy (non-hydrogen) atoms. The minimum absolute atomic E-state index is 0.193. The van der Waals surface area contributed by atoms with E-state index in [0.717, 1.165) is 26.1 Å². The maximum Gasteiger partial charge on any atom is 0.222 e. The van der Waals surface area contributed by atoms with Crippen LogP contribution in [0, 0.1) is 11.8 Å². The second-order valence-corrected chi connectivity index (χ2v) is 6.60. The standard InChI is InChI=1S/C15H30N2O2/c1-12(2)8-16(9-13(3)4)10-14(18)11-17-7-5-6-15(17)19/h12-14,18H,5-11H2,1-4H3. The Kier molecular flexibility index (Phi) is 6.80. The van der Waals surface area contributed by atoms with Gasteiger partial charge in [0.15, 0.2) is 0 Å². The molecular weight excluding hydrogens is 240 g/mol. The highest BCUT2D eigenvalue weighted by molar-refractivity contribution is 5.78. The lowest BCUT2D eigenvalue weighted by molar-refractivity contribution is -0.129. The van der Waals surface area contributed by atoms with Gasteiger partial charge in [-0.3, -0.25) is 4.79 Å². The van der Waals surface area contributed by atoms with E-state index in [-0.39, 0.29) is 5.91 Å². The van der Waals surface area contributed by atoms with Gasteiger partial charge in [-0.15, -0.1) is 0 Å². The summed E-state index contributed by atoms with van der Waals surface area (Å²) in [6.07, 6.45) is 1.15. The molecule has 4 nitrogen and oxygen atoms in total. The van der Waals surface area contributed by atoms with Gasteiger partial charge in [-0.2, -0.15) is 0 Å². The zero-order valence-corrected chi connectivity index (χ0v) is 12.9. The average molecular weight is 270 g/mol. The molecule has 1 aliphatic rings. The number of nitrogens with zero attached hydrogens (tertiary/aromatic N) is 2. The molecule has 0 aliphatic carbocycles. The Bertz CT molecular complexity index is 269. The number of carbonyl (C=O) groups is 1. The highest BCUT2D eigenvalue weighted by Gasteiger charge is 2.23. The molecule has 1 atom stereocenters. The van der Waals surface area contributed by atoms with Crippen molar-refractivity contribution in [2.24, 2.45) is 11.8 Å². The number of aliphatic hydroxyl groups excluding tert-OH is 1. The molecule has 1 aliphatic heterocycles. The molecule has 0 aromatic rings. The van der Waals surface area contributed by atoms with Crippen LogP contribution in [0.1, 0.15) is 40.5 Å². The predicted octanol–water partition coefficient (Wildman–Crippen LogP) is 1.58. The molecule has 1 amide bonds. The summed E-state index contributed by atoms with van der Waals surface area (Å²) in [4.78, 5) is 15.7.